The highest BCUT2D eigenvalue weighted by molar-refractivity contribution is 5.45. The largest absolute Gasteiger partial charge is 0.494 e. The van der Waals surface area contributed by atoms with Crippen LogP contribution in [0.4, 0.5) is 0 Å². The maximum absolute atomic E-state index is 12.2. The molecule has 3 N–H and O–H groups in total. The second-order valence-corrected chi connectivity index (χ2v) is 4.92. The first-order chi connectivity index (χ1) is 10.7. The van der Waals surface area contributed by atoms with Crippen molar-refractivity contribution in [3.05, 3.63) is 98.2 Å². The Bertz CT molecular complexity index is 844. The van der Waals surface area contributed by atoms with E-state index in [1.165, 1.54) is 0 Å². The van der Waals surface area contributed by atoms with Gasteiger partial charge in [-0.05, 0) is 11.1 Å². The van der Waals surface area contributed by atoms with Crippen molar-refractivity contribution >= 4 is 0 Å². The van der Waals surface area contributed by atoms with Gasteiger partial charge in [0, 0.05) is 5.92 Å². The number of aromatic nitrogens is 2. The number of hydrogen-bond donors (Lipinski definition) is 3. The van der Waals surface area contributed by atoms with Crippen molar-refractivity contribution in [3.63, 3.8) is 0 Å². The van der Waals surface area contributed by atoms with Crippen LogP contribution in [0, 0.1) is 0 Å². The molecule has 0 unspecified atom stereocenters. The van der Waals surface area contributed by atoms with Gasteiger partial charge in [0.25, 0.3) is 5.56 Å². The molecule has 0 atom stereocenters. The molecular weight excluding hydrogens is 280 g/mol. The average molecular weight is 294 g/mol. The minimum absolute atomic E-state index is 0.122. The van der Waals surface area contributed by atoms with E-state index in [4.69, 9.17) is 0 Å². The Balaban J connectivity index is 2.28. The van der Waals surface area contributed by atoms with Crippen molar-refractivity contribution in [2.24, 2.45) is 0 Å². The molecule has 5 nitrogen and oxygen atoms in total. The lowest BCUT2D eigenvalue weighted by molar-refractivity contribution is 0.439. The van der Waals surface area contributed by atoms with Gasteiger partial charge in [-0.15, -0.1) is 0 Å². The van der Waals surface area contributed by atoms with Crippen LogP contribution in [0.25, 0.3) is 0 Å². The smallest absolute Gasteiger partial charge is 0.328 e. The molecular formula is C17H14N2O3. The molecule has 1 aromatic heterocycles. The molecule has 0 spiro atoms. The predicted octanol–water partition coefficient (Wildman–Crippen LogP) is 1.95. The lowest BCUT2D eigenvalue weighted by Gasteiger charge is -2.18. The standard InChI is InChI=1S/C17H14N2O3/c20-15-14(16(21)19-17(22)18-15)13(11-7-3-1-4-8-11)12-9-5-2-6-10-12/h1-10,13H,(H3,18,19,20,21,22). The first-order valence-corrected chi connectivity index (χ1v) is 6.82. The van der Waals surface area contributed by atoms with Crippen LogP contribution < -0.4 is 11.2 Å². The van der Waals surface area contributed by atoms with Gasteiger partial charge >= 0.3 is 5.69 Å². The Morgan fingerprint density at radius 3 is 1.73 bits per heavy atom. The summed E-state index contributed by atoms with van der Waals surface area (Å²) < 4.78 is 0. The molecule has 0 saturated carbocycles. The van der Waals surface area contributed by atoms with E-state index < -0.39 is 23.0 Å². The van der Waals surface area contributed by atoms with E-state index >= 15 is 0 Å². The van der Waals surface area contributed by atoms with Crippen LogP contribution in [0.15, 0.2) is 70.3 Å². The molecule has 110 valence electrons. The summed E-state index contributed by atoms with van der Waals surface area (Å²) in [5, 5.41) is 10.1. The van der Waals surface area contributed by atoms with Crippen LogP contribution in [0.2, 0.25) is 0 Å². The van der Waals surface area contributed by atoms with Gasteiger partial charge in [-0.3, -0.25) is 14.8 Å². The maximum atomic E-state index is 12.2. The molecule has 1 heterocycles. The predicted molar refractivity (Wildman–Crippen MR) is 83.2 cm³/mol. The van der Waals surface area contributed by atoms with Gasteiger partial charge in [0.1, 0.15) is 0 Å². The fourth-order valence-electron chi connectivity index (χ4n) is 2.57. The third kappa shape index (κ3) is 2.56. The van der Waals surface area contributed by atoms with Crippen LogP contribution in [-0.2, 0) is 0 Å². The maximum Gasteiger partial charge on any atom is 0.328 e. The topological polar surface area (TPSA) is 85.9 Å². The van der Waals surface area contributed by atoms with E-state index in [0.29, 0.717) is 0 Å². The van der Waals surface area contributed by atoms with E-state index in [1.807, 2.05) is 60.7 Å². The van der Waals surface area contributed by atoms with E-state index in [0.717, 1.165) is 11.1 Å². The van der Waals surface area contributed by atoms with Crippen molar-refractivity contribution in [2.75, 3.05) is 0 Å². The van der Waals surface area contributed by atoms with E-state index in [1.54, 1.807) is 0 Å². The van der Waals surface area contributed by atoms with Gasteiger partial charge in [-0.1, -0.05) is 60.7 Å². The van der Waals surface area contributed by atoms with Crippen LogP contribution in [0.5, 0.6) is 5.88 Å². The van der Waals surface area contributed by atoms with Crippen LogP contribution >= 0.6 is 0 Å². The zero-order valence-corrected chi connectivity index (χ0v) is 11.6. The number of H-pyrrole nitrogens is 2. The molecule has 22 heavy (non-hydrogen) atoms. The Morgan fingerprint density at radius 2 is 1.27 bits per heavy atom. The van der Waals surface area contributed by atoms with E-state index in [-0.39, 0.29) is 5.56 Å². The van der Waals surface area contributed by atoms with E-state index in [9.17, 15) is 14.7 Å². The summed E-state index contributed by atoms with van der Waals surface area (Å²) in [7, 11) is 0. The normalized spacial score (nSPS) is 10.8. The Hall–Kier alpha value is -3.08. The SMILES string of the molecule is O=c1[nH]c(O)c(C(c2ccccc2)c2ccccc2)c(=O)[nH]1. The lowest BCUT2D eigenvalue weighted by atomic mass is 9.86. The van der Waals surface area contributed by atoms with Gasteiger partial charge in [-0.25, -0.2) is 4.79 Å². The fraction of sp³-hybridized carbons (Fsp3) is 0.0588. The molecule has 0 fully saturated rings. The highest BCUT2D eigenvalue weighted by atomic mass is 16.3. The van der Waals surface area contributed by atoms with Gasteiger partial charge < -0.3 is 5.11 Å². The van der Waals surface area contributed by atoms with Crippen LogP contribution in [0.1, 0.15) is 22.6 Å². The summed E-state index contributed by atoms with van der Waals surface area (Å²) in [6.07, 6.45) is 0. The van der Waals surface area contributed by atoms with E-state index in [2.05, 4.69) is 9.97 Å². The zero-order chi connectivity index (χ0) is 15.5. The van der Waals surface area contributed by atoms with Gasteiger partial charge in [0.05, 0.1) is 5.56 Å². The number of aromatic amines is 2. The highest BCUT2D eigenvalue weighted by Crippen LogP contribution is 2.32. The Morgan fingerprint density at radius 1 is 0.773 bits per heavy atom. The summed E-state index contributed by atoms with van der Waals surface area (Å²) in [5.41, 5.74) is 0.491. The minimum Gasteiger partial charge on any atom is -0.494 e. The van der Waals surface area contributed by atoms with Crippen molar-refractivity contribution in [1.29, 1.82) is 0 Å². The van der Waals surface area contributed by atoms with Gasteiger partial charge in [-0.2, -0.15) is 0 Å². The molecule has 3 rings (SSSR count). The molecule has 0 aliphatic rings. The number of benzene rings is 2. The van der Waals surface area contributed by atoms with Gasteiger partial charge in [0.2, 0.25) is 5.88 Å². The molecule has 0 saturated heterocycles. The zero-order valence-electron chi connectivity index (χ0n) is 11.6. The second kappa shape index (κ2) is 5.73. The summed E-state index contributed by atoms with van der Waals surface area (Å²) in [6, 6.07) is 18.7. The number of nitrogens with one attached hydrogen (secondary N) is 2. The molecule has 0 aliphatic carbocycles. The van der Waals surface area contributed by atoms with Crippen LogP contribution in [0.3, 0.4) is 0 Å². The van der Waals surface area contributed by atoms with Crippen molar-refractivity contribution < 1.29 is 5.11 Å². The molecule has 2 aromatic carbocycles. The molecule has 0 amide bonds. The number of aromatic hydroxyl groups is 1. The minimum atomic E-state index is -0.730. The second-order valence-electron chi connectivity index (χ2n) is 4.92. The quantitative estimate of drug-likeness (QED) is 0.690. The lowest BCUT2D eigenvalue weighted by Crippen LogP contribution is -2.27. The van der Waals surface area contributed by atoms with Crippen LogP contribution in [-0.4, -0.2) is 15.1 Å². The average Bonchev–Trinajstić information content (AvgIpc) is 2.52. The number of hydrogen-bond acceptors (Lipinski definition) is 3. The Kier molecular flexibility index (Phi) is 3.62. The summed E-state index contributed by atoms with van der Waals surface area (Å²) >= 11 is 0. The first kappa shape index (κ1) is 13.9. The monoisotopic (exact) mass is 294 g/mol. The third-order valence-corrected chi connectivity index (χ3v) is 3.51. The van der Waals surface area contributed by atoms with Crippen molar-refractivity contribution in [1.82, 2.24) is 9.97 Å². The van der Waals surface area contributed by atoms with Crippen molar-refractivity contribution in [2.45, 2.75) is 5.92 Å². The molecule has 3 aromatic rings. The highest BCUT2D eigenvalue weighted by Gasteiger charge is 2.23. The van der Waals surface area contributed by atoms with Gasteiger partial charge in [0.15, 0.2) is 0 Å². The molecule has 0 radical (unpaired) electrons. The third-order valence-electron chi connectivity index (χ3n) is 3.51. The molecule has 0 bridgehead atoms. The fourth-order valence-corrected chi connectivity index (χ4v) is 2.57. The summed E-state index contributed by atoms with van der Waals surface area (Å²) in [4.78, 5) is 27.9. The Labute approximate surface area is 125 Å². The van der Waals surface area contributed by atoms with Crippen molar-refractivity contribution in [3.8, 4) is 5.88 Å². The molecule has 5 heteroatoms. The summed E-state index contributed by atoms with van der Waals surface area (Å²) in [5.74, 6) is -0.880. The first-order valence-electron chi connectivity index (χ1n) is 6.82. The summed E-state index contributed by atoms with van der Waals surface area (Å²) in [6.45, 7) is 0. The molecule has 0 aliphatic heterocycles. The number of rotatable bonds is 3.